The van der Waals surface area contributed by atoms with Crippen LogP contribution in [0.4, 0.5) is 11.4 Å². The number of phenolic OH excluding ortho intramolecular Hbond substituents is 1. The van der Waals surface area contributed by atoms with Crippen molar-refractivity contribution in [3.05, 3.63) is 50.9 Å². The number of piperazine rings is 1. The summed E-state index contributed by atoms with van der Waals surface area (Å²) in [5.74, 6) is 0.263. The van der Waals surface area contributed by atoms with Crippen LogP contribution in [0.5, 0.6) is 5.75 Å². The second-order valence-corrected chi connectivity index (χ2v) is 8.11. The molecule has 5 nitrogen and oxygen atoms in total. The summed E-state index contributed by atoms with van der Waals surface area (Å²) in [6.07, 6.45) is 0. The molecule has 0 aliphatic carbocycles. The summed E-state index contributed by atoms with van der Waals surface area (Å²) < 4.78 is 1.73. The van der Waals surface area contributed by atoms with Crippen LogP contribution in [0, 0.1) is 6.92 Å². The molecule has 1 amide bonds. The fraction of sp³-hybridized carbons (Fsp3) is 0.316. The molecule has 3 rings (SSSR count). The first-order valence-electron chi connectivity index (χ1n) is 8.45. The van der Waals surface area contributed by atoms with Crippen LogP contribution < -0.4 is 10.2 Å². The molecule has 0 radical (unpaired) electrons. The number of amides is 1. The van der Waals surface area contributed by atoms with Crippen LogP contribution in [-0.2, 0) is 4.79 Å². The van der Waals surface area contributed by atoms with Gasteiger partial charge in [-0.3, -0.25) is 9.69 Å². The fourth-order valence-electron chi connectivity index (χ4n) is 3.08. The van der Waals surface area contributed by atoms with Gasteiger partial charge in [0.2, 0.25) is 5.91 Å². The Hall–Kier alpha value is -1.57. The highest BCUT2D eigenvalue weighted by molar-refractivity contribution is 9.11. The highest BCUT2D eigenvalue weighted by Crippen LogP contribution is 2.32. The van der Waals surface area contributed by atoms with Crippen molar-refractivity contribution in [2.75, 3.05) is 42.9 Å². The quantitative estimate of drug-likeness (QED) is 0.691. The number of benzene rings is 2. The van der Waals surface area contributed by atoms with E-state index in [0.717, 1.165) is 52.1 Å². The molecule has 2 aromatic rings. The maximum absolute atomic E-state index is 12.4. The minimum atomic E-state index is -0.0359. The first kappa shape index (κ1) is 19.2. The molecule has 1 heterocycles. The lowest BCUT2D eigenvalue weighted by atomic mass is 10.2. The summed E-state index contributed by atoms with van der Waals surface area (Å²) in [6.45, 7) is 5.47. The topological polar surface area (TPSA) is 55.8 Å². The molecule has 2 N–H and O–H groups in total. The number of halogens is 2. The summed E-state index contributed by atoms with van der Waals surface area (Å²) in [6, 6.07) is 11.3. The predicted molar refractivity (Wildman–Crippen MR) is 112 cm³/mol. The van der Waals surface area contributed by atoms with Gasteiger partial charge < -0.3 is 15.3 Å². The van der Waals surface area contributed by atoms with Crippen LogP contribution in [0.1, 0.15) is 5.56 Å². The number of aromatic hydroxyl groups is 1. The predicted octanol–water partition coefficient (Wildman–Crippen LogP) is 3.99. The minimum Gasteiger partial charge on any atom is -0.506 e. The normalized spacial score (nSPS) is 15.1. The van der Waals surface area contributed by atoms with E-state index in [2.05, 4.69) is 47.0 Å². The van der Waals surface area contributed by atoms with Gasteiger partial charge in [0.15, 0.2) is 0 Å². The zero-order chi connectivity index (χ0) is 18.7. The molecular weight excluding hydrogens is 462 g/mol. The standard InChI is InChI=1S/C19H21Br2N3O2/c1-13-10-14(20)19(15(21)11-13)22-18(26)12-23-6-8-24(9-7-23)16-4-2-3-5-17(16)25/h2-5,10-11,25H,6-9,12H2,1H3,(H,22,26). The molecule has 1 fully saturated rings. The zero-order valence-corrected chi connectivity index (χ0v) is 17.7. The molecule has 7 heteroatoms. The van der Waals surface area contributed by atoms with E-state index in [4.69, 9.17) is 0 Å². The Kier molecular flexibility index (Phi) is 6.21. The Bertz CT molecular complexity index is 782. The van der Waals surface area contributed by atoms with Gasteiger partial charge in [0.25, 0.3) is 0 Å². The van der Waals surface area contributed by atoms with Crippen molar-refractivity contribution in [2.45, 2.75) is 6.92 Å². The van der Waals surface area contributed by atoms with E-state index in [0.29, 0.717) is 12.3 Å². The van der Waals surface area contributed by atoms with Crippen molar-refractivity contribution in [3.8, 4) is 5.75 Å². The third kappa shape index (κ3) is 4.58. The molecule has 138 valence electrons. The minimum absolute atomic E-state index is 0.0359. The molecule has 1 aliphatic rings. The number of rotatable bonds is 4. The molecule has 0 saturated carbocycles. The SMILES string of the molecule is Cc1cc(Br)c(NC(=O)CN2CCN(c3ccccc3O)CC2)c(Br)c1. The molecule has 0 bridgehead atoms. The van der Waals surface area contributed by atoms with Crippen LogP contribution in [0.3, 0.4) is 0 Å². The number of hydrogen-bond acceptors (Lipinski definition) is 4. The Morgan fingerprint density at radius 2 is 1.73 bits per heavy atom. The van der Waals surface area contributed by atoms with Gasteiger partial charge in [0.1, 0.15) is 5.75 Å². The molecule has 26 heavy (non-hydrogen) atoms. The smallest absolute Gasteiger partial charge is 0.238 e. The lowest BCUT2D eigenvalue weighted by Gasteiger charge is -2.35. The van der Waals surface area contributed by atoms with Gasteiger partial charge in [0, 0.05) is 35.1 Å². The summed E-state index contributed by atoms with van der Waals surface area (Å²) in [4.78, 5) is 16.7. The molecule has 1 saturated heterocycles. The average molecular weight is 483 g/mol. The van der Waals surface area contributed by atoms with Gasteiger partial charge in [-0.25, -0.2) is 0 Å². The third-order valence-corrected chi connectivity index (χ3v) is 5.66. The number of nitrogens with zero attached hydrogens (tertiary/aromatic N) is 2. The van der Waals surface area contributed by atoms with Crippen LogP contribution >= 0.6 is 31.9 Å². The Labute approximate surface area is 170 Å². The molecule has 0 atom stereocenters. The molecular formula is C19H21Br2N3O2. The van der Waals surface area contributed by atoms with Crippen molar-refractivity contribution < 1.29 is 9.90 Å². The molecule has 0 unspecified atom stereocenters. The average Bonchev–Trinajstić information content (AvgIpc) is 2.59. The lowest BCUT2D eigenvalue weighted by Crippen LogP contribution is -2.48. The van der Waals surface area contributed by atoms with Crippen molar-refractivity contribution >= 4 is 49.1 Å². The first-order valence-corrected chi connectivity index (χ1v) is 10.0. The van der Waals surface area contributed by atoms with Crippen molar-refractivity contribution in [1.29, 1.82) is 0 Å². The molecule has 0 spiro atoms. The van der Waals surface area contributed by atoms with Gasteiger partial charge in [-0.1, -0.05) is 12.1 Å². The van der Waals surface area contributed by atoms with Crippen molar-refractivity contribution in [3.63, 3.8) is 0 Å². The van der Waals surface area contributed by atoms with E-state index in [1.54, 1.807) is 6.07 Å². The summed E-state index contributed by atoms with van der Waals surface area (Å²) >= 11 is 7.01. The highest BCUT2D eigenvalue weighted by atomic mass is 79.9. The summed E-state index contributed by atoms with van der Waals surface area (Å²) in [5.41, 5.74) is 2.72. The van der Waals surface area contributed by atoms with E-state index in [-0.39, 0.29) is 5.91 Å². The Balaban J connectivity index is 1.55. The molecule has 0 aromatic heterocycles. The van der Waals surface area contributed by atoms with Crippen LogP contribution in [0.2, 0.25) is 0 Å². The monoisotopic (exact) mass is 481 g/mol. The number of carbonyl (C=O) groups is 1. The van der Waals surface area contributed by atoms with Crippen LogP contribution in [0.15, 0.2) is 45.3 Å². The first-order chi connectivity index (χ1) is 12.4. The van der Waals surface area contributed by atoms with E-state index in [1.807, 2.05) is 37.3 Å². The van der Waals surface area contributed by atoms with Gasteiger partial charge >= 0.3 is 0 Å². The number of nitrogens with one attached hydrogen (secondary N) is 1. The summed E-state index contributed by atoms with van der Waals surface area (Å²) in [7, 11) is 0. The third-order valence-electron chi connectivity index (χ3n) is 4.41. The highest BCUT2D eigenvalue weighted by Gasteiger charge is 2.21. The largest absolute Gasteiger partial charge is 0.506 e. The van der Waals surface area contributed by atoms with Gasteiger partial charge in [0.05, 0.1) is 17.9 Å². The van der Waals surface area contributed by atoms with Crippen LogP contribution in [-0.4, -0.2) is 48.6 Å². The van der Waals surface area contributed by atoms with E-state index >= 15 is 0 Å². The Morgan fingerprint density at radius 1 is 1.12 bits per heavy atom. The Morgan fingerprint density at radius 3 is 2.35 bits per heavy atom. The van der Waals surface area contributed by atoms with E-state index < -0.39 is 0 Å². The molecule has 2 aromatic carbocycles. The van der Waals surface area contributed by atoms with Crippen molar-refractivity contribution in [2.24, 2.45) is 0 Å². The number of hydrogen-bond donors (Lipinski definition) is 2. The maximum atomic E-state index is 12.4. The number of carbonyl (C=O) groups excluding carboxylic acids is 1. The van der Waals surface area contributed by atoms with E-state index in [1.165, 1.54) is 0 Å². The number of aryl methyl sites for hydroxylation is 1. The second kappa shape index (κ2) is 8.41. The number of para-hydroxylation sites is 2. The lowest BCUT2D eigenvalue weighted by molar-refractivity contribution is -0.117. The zero-order valence-electron chi connectivity index (χ0n) is 14.5. The summed E-state index contributed by atoms with van der Waals surface area (Å²) in [5, 5.41) is 13.0. The fourth-order valence-corrected chi connectivity index (χ4v) is 4.69. The second-order valence-electron chi connectivity index (χ2n) is 6.40. The molecule has 1 aliphatic heterocycles. The number of anilines is 2. The number of phenols is 1. The van der Waals surface area contributed by atoms with Gasteiger partial charge in [-0.2, -0.15) is 0 Å². The van der Waals surface area contributed by atoms with Gasteiger partial charge in [-0.15, -0.1) is 0 Å². The van der Waals surface area contributed by atoms with Gasteiger partial charge in [-0.05, 0) is 68.6 Å². The van der Waals surface area contributed by atoms with E-state index in [9.17, 15) is 9.90 Å². The van der Waals surface area contributed by atoms with Crippen LogP contribution in [0.25, 0.3) is 0 Å². The maximum Gasteiger partial charge on any atom is 0.238 e. The van der Waals surface area contributed by atoms with Crippen molar-refractivity contribution in [1.82, 2.24) is 4.90 Å².